The molecule has 3 rings (SSSR count). The normalized spacial score (nSPS) is 14.2. The number of aryl methyl sites for hydroxylation is 1. The molecule has 0 unspecified atom stereocenters. The quantitative estimate of drug-likeness (QED) is 0.707. The maximum Gasteiger partial charge on any atom is 0.325 e. The van der Waals surface area contributed by atoms with Gasteiger partial charge in [0, 0.05) is 5.38 Å². The van der Waals surface area contributed by atoms with Gasteiger partial charge in [0.05, 0.1) is 23.9 Å². The summed E-state index contributed by atoms with van der Waals surface area (Å²) in [6.45, 7) is 1.98. The minimum absolute atomic E-state index is 0.170. The van der Waals surface area contributed by atoms with Gasteiger partial charge in [-0.1, -0.05) is 6.07 Å². The first-order chi connectivity index (χ1) is 12.5. The van der Waals surface area contributed by atoms with Crippen LogP contribution < -0.4 is 15.4 Å². The molecule has 1 aromatic heterocycles. The molecule has 1 heterocycles. The summed E-state index contributed by atoms with van der Waals surface area (Å²) in [5.74, 6) is -0.294. The Hall–Kier alpha value is -2.61. The number of carbonyl (C=O) groups is 2. The van der Waals surface area contributed by atoms with Crippen LogP contribution in [0.3, 0.4) is 0 Å². The summed E-state index contributed by atoms with van der Waals surface area (Å²) >= 11 is 1.19. The highest BCUT2D eigenvalue weighted by Gasteiger charge is 2.19. The predicted molar refractivity (Wildman–Crippen MR) is 100 cm³/mol. The van der Waals surface area contributed by atoms with Crippen LogP contribution in [0.4, 0.5) is 15.6 Å². The van der Waals surface area contributed by atoms with Crippen LogP contribution in [0.25, 0.3) is 0 Å². The lowest BCUT2D eigenvalue weighted by Crippen LogP contribution is -2.21. The molecule has 1 aliphatic carbocycles. The summed E-state index contributed by atoms with van der Waals surface area (Å²) in [5.41, 5.74) is 2.07. The Labute approximate surface area is 155 Å². The zero-order chi connectivity index (χ0) is 18.5. The predicted octanol–water partition coefficient (Wildman–Crippen LogP) is 4.04. The number of thiazole rings is 1. The van der Waals surface area contributed by atoms with E-state index in [1.54, 1.807) is 5.38 Å². The Morgan fingerprint density at radius 1 is 1.31 bits per heavy atom. The highest BCUT2D eigenvalue weighted by molar-refractivity contribution is 7.13. The fourth-order valence-corrected chi connectivity index (χ4v) is 3.57. The summed E-state index contributed by atoms with van der Waals surface area (Å²) in [7, 11) is 0. The average Bonchev–Trinajstić information content (AvgIpc) is 3.22. The Morgan fingerprint density at radius 3 is 2.81 bits per heavy atom. The number of hydrogen-bond donors (Lipinski definition) is 3. The molecule has 0 saturated heterocycles. The number of benzene rings is 1. The number of aromatic nitrogens is 1. The highest BCUT2D eigenvalue weighted by atomic mass is 32.1. The van der Waals surface area contributed by atoms with Gasteiger partial charge in [-0.05, 0) is 50.3 Å². The molecule has 2 amide bonds. The molecule has 0 aliphatic heterocycles. The summed E-state index contributed by atoms with van der Waals surface area (Å²) in [5, 5.41) is 16.2. The van der Waals surface area contributed by atoms with Crippen LogP contribution in [0.1, 0.15) is 36.9 Å². The van der Waals surface area contributed by atoms with Crippen LogP contribution in [-0.4, -0.2) is 28.2 Å². The van der Waals surface area contributed by atoms with Crippen molar-refractivity contribution in [1.82, 2.24) is 4.98 Å². The number of carboxylic acids is 1. The van der Waals surface area contributed by atoms with Crippen LogP contribution in [0, 0.1) is 6.92 Å². The first-order valence-corrected chi connectivity index (χ1v) is 9.39. The maximum absolute atomic E-state index is 12.3. The van der Waals surface area contributed by atoms with Crippen molar-refractivity contribution >= 4 is 34.2 Å². The standard InChI is InChI=1S/C18H21N3O4S/c1-11-6-7-14(15(8-11)25-13-4-2-3-5-13)20-17(24)21-18-19-12(10-26-18)9-16(22)23/h6-8,10,13H,2-5,9H2,1H3,(H,22,23)(H2,19,20,21,24). The van der Waals surface area contributed by atoms with Crippen LogP contribution >= 0.6 is 11.3 Å². The van der Waals surface area contributed by atoms with Gasteiger partial charge in [-0.2, -0.15) is 0 Å². The molecule has 1 aliphatic rings. The van der Waals surface area contributed by atoms with E-state index in [0.717, 1.165) is 18.4 Å². The fourth-order valence-electron chi connectivity index (χ4n) is 2.87. The summed E-state index contributed by atoms with van der Waals surface area (Å²) < 4.78 is 6.07. The van der Waals surface area contributed by atoms with Gasteiger partial charge in [0.15, 0.2) is 5.13 Å². The van der Waals surface area contributed by atoms with Gasteiger partial charge < -0.3 is 15.2 Å². The van der Waals surface area contributed by atoms with Gasteiger partial charge in [-0.15, -0.1) is 11.3 Å². The Kier molecular flexibility index (Phi) is 5.72. The number of nitrogens with one attached hydrogen (secondary N) is 2. The molecular formula is C18H21N3O4S. The van der Waals surface area contributed by atoms with Crippen molar-refractivity contribution in [2.24, 2.45) is 0 Å². The third-order valence-electron chi connectivity index (χ3n) is 4.09. The van der Waals surface area contributed by atoms with Gasteiger partial charge in [-0.3, -0.25) is 10.1 Å². The number of carboxylic acid groups (broad SMARTS) is 1. The van der Waals surface area contributed by atoms with E-state index in [4.69, 9.17) is 9.84 Å². The second-order valence-corrected chi connectivity index (χ2v) is 7.18. The van der Waals surface area contributed by atoms with Crippen molar-refractivity contribution < 1.29 is 19.4 Å². The lowest BCUT2D eigenvalue weighted by molar-refractivity contribution is -0.136. The lowest BCUT2D eigenvalue weighted by atomic mass is 10.2. The minimum Gasteiger partial charge on any atom is -0.488 e. The topological polar surface area (TPSA) is 101 Å². The van der Waals surface area contributed by atoms with Crippen molar-refractivity contribution in [3.63, 3.8) is 0 Å². The summed E-state index contributed by atoms with van der Waals surface area (Å²) in [6, 6.07) is 5.20. The minimum atomic E-state index is -0.959. The number of urea groups is 1. The van der Waals surface area contributed by atoms with Gasteiger partial charge in [0.25, 0.3) is 0 Å². The number of rotatable bonds is 6. The summed E-state index contributed by atoms with van der Waals surface area (Å²) in [6.07, 6.45) is 4.43. The first-order valence-electron chi connectivity index (χ1n) is 8.51. The second kappa shape index (κ2) is 8.18. The SMILES string of the molecule is Cc1ccc(NC(=O)Nc2nc(CC(=O)O)cs2)c(OC2CCCC2)c1. The molecule has 0 atom stereocenters. The van der Waals surface area contributed by atoms with E-state index < -0.39 is 12.0 Å². The van der Waals surface area contributed by atoms with Crippen molar-refractivity contribution in [3.05, 3.63) is 34.8 Å². The molecule has 138 valence electrons. The zero-order valence-electron chi connectivity index (χ0n) is 14.4. The first kappa shape index (κ1) is 18.2. The molecule has 0 radical (unpaired) electrons. The summed E-state index contributed by atoms with van der Waals surface area (Å²) in [4.78, 5) is 27.0. The molecule has 0 spiro atoms. The third-order valence-corrected chi connectivity index (χ3v) is 4.89. The molecule has 1 aromatic carbocycles. The van der Waals surface area contributed by atoms with Crippen LogP contribution in [0.2, 0.25) is 0 Å². The largest absolute Gasteiger partial charge is 0.488 e. The molecule has 7 nitrogen and oxygen atoms in total. The number of hydrogen-bond acceptors (Lipinski definition) is 5. The smallest absolute Gasteiger partial charge is 0.325 e. The maximum atomic E-state index is 12.3. The zero-order valence-corrected chi connectivity index (χ0v) is 15.3. The number of aliphatic carboxylic acids is 1. The fraction of sp³-hybridized carbons (Fsp3) is 0.389. The highest BCUT2D eigenvalue weighted by Crippen LogP contribution is 2.31. The number of carbonyl (C=O) groups excluding carboxylic acids is 1. The lowest BCUT2D eigenvalue weighted by Gasteiger charge is -2.17. The molecule has 0 bridgehead atoms. The van der Waals surface area contributed by atoms with Crippen LogP contribution in [-0.2, 0) is 11.2 Å². The van der Waals surface area contributed by atoms with Gasteiger partial charge in [0.2, 0.25) is 0 Å². The van der Waals surface area contributed by atoms with E-state index in [1.165, 1.54) is 24.2 Å². The number of ether oxygens (including phenoxy) is 1. The van der Waals surface area contributed by atoms with E-state index >= 15 is 0 Å². The van der Waals surface area contributed by atoms with Crippen LogP contribution in [0.15, 0.2) is 23.6 Å². The van der Waals surface area contributed by atoms with E-state index in [2.05, 4.69) is 15.6 Å². The van der Waals surface area contributed by atoms with E-state index in [9.17, 15) is 9.59 Å². The van der Waals surface area contributed by atoms with E-state index in [0.29, 0.717) is 22.3 Å². The van der Waals surface area contributed by atoms with Crippen molar-refractivity contribution in [1.29, 1.82) is 0 Å². The molecule has 2 aromatic rings. The van der Waals surface area contributed by atoms with Gasteiger partial charge >= 0.3 is 12.0 Å². The van der Waals surface area contributed by atoms with E-state index in [1.807, 2.05) is 25.1 Å². The Morgan fingerprint density at radius 2 is 2.08 bits per heavy atom. The number of nitrogens with zero attached hydrogens (tertiary/aromatic N) is 1. The molecule has 3 N–H and O–H groups in total. The second-order valence-electron chi connectivity index (χ2n) is 6.32. The molecule has 8 heteroatoms. The number of amides is 2. The monoisotopic (exact) mass is 375 g/mol. The van der Waals surface area contributed by atoms with Crippen molar-refractivity contribution in [3.8, 4) is 5.75 Å². The molecule has 1 fully saturated rings. The molecule has 1 saturated carbocycles. The Balaban J connectivity index is 1.64. The Bertz CT molecular complexity index is 799. The third kappa shape index (κ3) is 4.95. The van der Waals surface area contributed by atoms with Gasteiger partial charge in [0.1, 0.15) is 5.75 Å². The van der Waals surface area contributed by atoms with E-state index in [-0.39, 0.29) is 12.5 Å². The average molecular weight is 375 g/mol. The molecule has 26 heavy (non-hydrogen) atoms. The van der Waals surface area contributed by atoms with Gasteiger partial charge in [-0.25, -0.2) is 9.78 Å². The molecular weight excluding hydrogens is 354 g/mol. The van der Waals surface area contributed by atoms with Crippen molar-refractivity contribution in [2.45, 2.75) is 45.1 Å². The van der Waals surface area contributed by atoms with Crippen LogP contribution in [0.5, 0.6) is 5.75 Å². The number of anilines is 2. The van der Waals surface area contributed by atoms with Crippen molar-refractivity contribution in [2.75, 3.05) is 10.6 Å².